The lowest BCUT2D eigenvalue weighted by Gasteiger charge is -2.47. The van der Waals surface area contributed by atoms with Gasteiger partial charge in [-0.2, -0.15) is 0 Å². The Hall–Kier alpha value is -2.03. The number of ether oxygens (including phenoxy) is 1. The maximum absolute atomic E-state index is 14.1. The van der Waals surface area contributed by atoms with Crippen LogP contribution in [0.15, 0.2) is 10.7 Å². The fourth-order valence-corrected chi connectivity index (χ4v) is 3.99. The molecule has 3 heterocycles. The molecule has 1 aromatic rings. The van der Waals surface area contributed by atoms with Gasteiger partial charge in [-0.05, 0) is 12.8 Å². The Morgan fingerprint density at radius 2 is 1.88 bits per heavy atom. The number of hydrogen-bond donors (Lipinski definition) is 1. The number of carboxylic acids is 1. The van der Waals surface area contributed by atoms with Gasteiger partial charge < -0.3 is 19.2 Å². The van der Waals surface area contributed by atoms with Gasteiger partial charge in [0.05, 0.1) is 19.1 Å². The monoisotopic (exact) mass is 356 g/mol. The SMILES string of the molecule is O=C(O)c1coc(C2CN(C(=O)C3CC4COCC(C3)C4(F)F)C2)n1. The smallest absolute Gasteiger partial charge is 0.357 e. The van der Waals surface area contributed by atoms with Crippen LogP contribution in [0.4, 0.5) is 8.78 Å². The van der Waals surface area contributed by atoms with Crippen LogP contribution in [0.25, 0.3) is 0 Å². The molecule has 25 heavy (non-hydrogen) atoms. The molecule has 4 rings (SSSR count). The summed E-state index contributed by atoms with van der Waals surface area (Å²) in [4.78, 5) is 28.9. The van der Waals surface area contributed by atoms with E-state index in [0.717, 1.165) is 6.26 Å². The van der Waals surface area contributed by atoms with Crippen molar-refractivity contribution in [3.05, 3.63) is 17.8 Å². The van der Waals surface area contributed by atoms with Gasteiger partial charge in [0.2, 0.25) is 11.8 Å². The largest absolute Gasteiger partial charge is 0.476 e. The van der Waals surface area contributed by atoms with Gasteiger partial charge in [0.25, 0.3) is 5.92 Å². The van der Waals surface area contributed by atoms with Gasteiger partial charge in [-0.15, -0.1) is 0 Å². The van der Waals surface area contributed by atoms with Gasteiger partial charge in [-0.25, -0.2) is 18.6 Å². The molecule has 9 heteroatoms. The molecule has 3 aliphatic rings. The molecular formula is C16H18F2N2O5. The summed E-state index contributed by atoms with van der Waals surface area (Å²) < 4.78 is 38.6. The number of nitrogens with zero attached hydrogens (tertiary/aromatic N) is 2. The van der Waals surface area contributed by atoms with Crippen LogP contribution in [0, 0.1) is 17.8 Å². The topological polar surface area (TPSA) is 92.9 Å². The van der Waals surface area contributed by atoms with E-state index in [1.807, 2.05) is 0 Å². The molecule has 7 nitrogen and oxygen atoms in total. The highest BCUT2D eigenvalue weighted by Crippen LogP contribution is 2.48. The first-order valence-electron chi connectivity index (χ1n) is 8.29. The van der Waals surface area contributed by atoms with Gasteiger partial charge in [0.15, 0.2) is 5.69 Å². The molecule has 2 saturated heterocycles. The zero-order valence-electron chi connectivity index (χ0n) is 13.4. The van der Waals surface area contributed by atoms with Crippen LogP contribution >= 0.6 is 0 Å². The minimum Gasteiger partial charge on any atom is -0.476 e. The van der Waals surface area contributed by atoms with Crippen molar-refractivity contribution in [2.24, 2.45) is 17.8 Å². The Balaban J connectivity index is 1.36. The molecule has 2 atom stereocenters. The summed E-state index contributed by atoms with van der Waals surface area (Å²) in [5.74, 6) is -6.08. The number of carbonyl (C=O) groups excluding carboxylic acids is 1. The highest BCUT2D eigenvalue weighted by atomic mass is 19.3. The Labute approximate surface area is 141 Å². The molecule has 1 N–H and O–H groups in total. The molecule has 1 aromatic heterocycles. The van der Waals surface area contributed by atoms with E-state index in [0.29, 0.717) is 19.0 Å². The summed E-state index contributed by atoms with van der Waals surface area (Å²) in [5, 5.41) is 8.84. The molecule has 136 valence electrons. The molecule has 2 bridgehead atoms. The molecule has 1 saturated carbocycles. The lowest BCUT2D eigenvalue weighted by Crippen LogP contribution is -2.56. The van der Waals surface area contributed by atoms with E-state index in [1.165, 1.54) is 0 Å². The molecule has 0 radical (unpaired) electrons. The van der Waals surface area contributed by atoms with Crippen molar-refractivity contribution in [2.45, 2.75) is 24.7 Å². The Bertz CT molecular complexity index is 684. The molecule has 2 aliphatic heterocycles. The third-order valence-corrected chi connectivity index (χ3v) is 5.50. The molecule has 2 unspecified atom stereocenters. The Kier molecular flexibility index (Phi) is 3.78. The van der Waals surface area contributed by atoms with Crippen molar-refractivity contribution < 1.29 is 32.6 Å². The Morgan fingerprint density at radius 1 is 1.24 bits per heavy atom. The fraction of sp³-hybridized carbons (Fsp3) is 0.688. The predicted octanol–water partition coefficient (Wildman–Crippen LogP) is 1.61. The summed E-state index contributed by atoms with van der Waals surface area (Å²) in [6.07, 6.45) is 1.36. The summed E-state index contributed by atoms with van der Waals surface area (Å²) in [5.41, 5.74) is -0.165. The number of amides is 1. The van der Waals surface area contributed by atoms with E-state index in [4.69, 9.17) is 14.3 Å². The number of halogens is 2. The number of hydrogen-bond acceptors (Lipinski definition) is 5. The standard InChI is InChI=1S/C16H18F2N2O5/c17-16(18)10-1-8(2-11(16)6-24-5-10)14(21)20-3-9(4-20)13-19-12(7-25-13)15(22)23/h7-11H,1-6H2,(H,22,23). The van der Waals surface area contributed by atoms with Gasteiger partial charge in [-0.1, -0.05) is 0 Å². The van der Waals surface area contributed by atoms with E-state index in [9.17, 15) is 18.4 Å². The van der Waals surface area contributed by atoms with E-state index in [2.05, 4.69) is 4.98 Å². The summed E-state index contributed by atoms with van der Waals surface area (Å²) in [6, 6.07) is 0. The fourth-order valence-electron chi connectivity index (χ4n) is 3.99. The number of aromatic carboxylic acids is 1. The van der Waals surface area contributed by atoms with Crippen LogP contribution in [0.2, 0.25) is 0 Å². The van der Waals surface area contributed by atoms with E-state index in [1.54, 1.807) is 4.90 Å². The molecule has 3 fully saturated rings. The average Bonchev–Trinajstić information content (AvgIpc) is 2.94. The number of likely N-dealkylation sites (tertiary alicyclic amines) is 1. The molecular weight excluding hydrogens is 338 g/mol. The van der Waals surface area contributed by atoms with E-state index < -0.39 is 29.6 Å². The lowest BCUT2D eigenvalue weighted by molar-refractivity contribution is -0.214. The second kappa shape index (κ2) is 5.76. The van der Waals surface area contributed by atoms with Gasteiger partial charge in [0, 0.05) is 30.8 Å². The average molecular weight is 356 g/mol. The van der Waals surface area contributed by atoms with Gasteiger partial charge in [-0.3, -0.25) is 4.79 Å². The predicted molar refractivity (Wildman–Crippen MR) is 78.3 cm³/mol. The zero-order chi connectivity index (χ0) is 17.8. The number of oxazole rings is 1. The molecule has 1 aliphatic carbocycles. The van der Waals surface area contributed by atoms with E-state index in [-0.39, 0.29) is 43.6 Å². The normalized spacial score (nSPS) is 31.4. The number of alkyl halides is 2. The van der Waals surface area contributed by atoms with Crippen LogP contribution in [-0.2, 0) is 9.53 Å². The summed E-state index contributed by atoms with van der Waals surface area (Å²) in [7, 11) is 0. The van der Waals surface area contributed by atoms with Crippen molar-refractivity contribution >= 4 is 11.9 Å². The zero-order valence-corrected chi connectivity index (χ0v) is 13.4. The maximum atomic E-state index is 14.1. The van der Waals surface area contributed by atoms with Crippen molar-refractivity contribution in [2.75, 3.05) is 26.3 Å². The third-order valence-electron chi connectivity index (χ3n) is 5.50. The Morgan fingerprint density at radius 3 is 2.44 bits per heavy atom. The maximum Gasteiger partial charge on any atom is 0.357 e. The minimum absolute atomic E-state index is 0.00415. The van der Waals surface area contributed by atoms with Crippen LogP contribution in [0.5, 0.6) is 0 Å². The molecule has 0 spiro atoms. The first-order chi connectivity index (χ1) is 11.9. The second-order valence-corrected chi connectivity index (χ2v) is 7.09. The number of carboxylic acid groups (broad SMARTS) is 1. The quantitative estimate of drug-likeness (QED) is 0.884. The van der Waals surface area contributed by atoms with Crippen LogP contribution in [0.1, 0.15) is 35.1 Å². The van der Waals surface area contributed by atoms with Gasteiger partial charge in [0.1, 0.15) is 6.26 Å². The first kappa shape index (κ1) is 16.4. The first-order valence-corrected chi connectivity index (χ1v) is 8.29. The summed E-state index contributed by atoms with van der Waals surface area (Å²) >= 11 is 0. The number of rotatable bonds is 3. The number of fused-ring (bicyclic) bond motifs is 2. The highest BCUT2D eigenvalue weighted by Gasteiger charge is 2.56. The van der Waals surface area contributed by atoms with Crippen LogP contribution in [-0.4, -0.2) is 59.1 Å². The molecule has 0 aromatic carbocycles. The highest BCUT2D eigenvalue weighted by molar-refractivity contribution is 5.84. The third kappa shape index (κ3) is 2.70. The number of carbonyl (C=O) groups is 2. The number of aromatic nitrogens is 1. The summed E-state index contributed by atoms with van der Waals surface area (Å²) in [6.45, 7) is 0.753. The minimum atomic E-state index is -2.75. The van der Waals surface area contributed by atoms with E-state index >= 15 is 0 Å². The van der Waals surface area contributed by atoms with Crippen molar-refractivity contribution in [1.82, 2.24) is 9.88 Å². The van der Waals surface area contributed by atoms with Crippen LogP contribution < -0.4 is 0 Å². The van der Waals surface area contributed by atoms with Crippen molar-refractivity contribution in [1.29, 1.82) is 0 Å². The lowest BCUT2D eigenvalue weighted by atomic mass is 9.70. The van der Waals surface area contributed by atoms with Crippen LogP contribution in [0.3, 0.4) is 0 Å². The van der Waals surface area contributed by atoms with Gasteiger partial charge >= 0.3 is 5.97 Å². The van der Waals surface area contributed by atoms with Crippen molar-refractivity contribution in [3.8, 4) is 0 Å². The van der Waals surface area contributed by atoms with Crippen molar-refractivity contribution in [3.63, 3.8) is 0 Å². The molecule has 1 amide bonds. The second-order valence-electron chi connectivity index (χ2n) is 7.09.